The van der Waals surface area contributed by atoms with Gasteiger partial charge in [0.25, 0.3) is 5.91 Å². The van der Waals surface area contributed by atoms with E-state index in [0.29, 0.717) is 23.8 Å². The summed E-state index contributed by atoms with van der Waals surface area (Å²) >= 11 is 3.40. The number of hydrogen-bond acceptors (Lipinski definition) is 4. The summed E-state index contributed by atoms with van der Waals surface area (Å²) in [6.45, 7) is 2.72. The molecule has 1 saturated heterocycles. The van der Waals surface area contributed by atoms with Gasteiger partial charge >= 0.3 is 0 Å². The lowest BCUT2D eigenvalue weighted by Gasteiger charge is -2.21. The molecule has 0 radical (unpaired) electrons. The van der Waals surface area contributed by atoms with Crippen LogP contribution in [0.25, 0.3) is 11.4 Å². The van der Waals surface area contributed by atoms with Gasteiger partial charge in [-0.2, -0.15) is 4.98 Å². The molecule has 1 amide bonds. The second-order valence-electron chi connectivity index (χ2n) is 6.49. The van der Waals surface area contributed by atoms with Crippen LogP contribution in [0.4, 0.5) is 0 Å². The van der Waals surface area contributed by atoms with Crippen molar-refractivity contribution in [1.29, 1.82) is 0 Å². The highest BCUT2D eigenvalue weighted by molar-refractivity contribution is 9.10. The number of halogens is 1. The maximum atomic E-state index is 12.9. The van der Waals surface area contributed by atoms with Gasteiger partial charge < -0.3 is 9.42 Å². The van der Waals surface area contributed by atoms with Crippen molar-refractivity contribution in [3.8, 4) is 11.4 Å². The minimum absolute atomic E-state index is 0.00435. The third-order valence-electron chi connectivity index (χ3n) is 4.61. The summed E-state index contributed by atoms with van der Waals surface area (Å²) in [5.41, 5.74) is 2.73. The molecule has 0 N–H and O–H groups in total. The molecule has 4 rings (SSSR count). The van der Waals surface area contributed by atoms with Crippen molar-refractivity contribution in [3.63, 3.8) is 0 Å². The number of amides is 1. The van der Waals surface area contributed by atoms with Gasteiger partial charge in [0, 0.05) is 22.1 Å². The Bertz CT molecular complexity index is 936. The Morgan fingerprint density at radius 1 is 1.23 bits per heavy atom. The molecule has 6 heteroatoms. The Balaban J connectivity index is 1.59. The van der Waals surface area contributed by atoms with Crippen molar-refractivity contribution in [3.05, 3.63) is 70.0 Å². The fraction of sp³-hybridized carbons (Fsp3) is 0.250. The molecule has 0 unspecified atom stereocenters. The first-order valence-corrected chi connectivity index (χ1v) is 9.38. The van der Waals surface area contributed by atoms with Crippen molar-refractivity contribution >= 4 is 21.8 Å². The average molecular weight is 412 g/mol. The van der Waals surface area contributed by atoms with E-state index in [2.05, 4.69) is 26.1 Å². The number of likely N-dealkylation sites (tertiary alicyclic amines) is 1. The first-order chi connectivity index (χ1) is 12.6. The number of nitrogens with zero attached hydrogens (tertiary/aromatic N) is 3. The highest BCUT2D eigenvalue weighted by Gasteiger charge is 2.34. The molecule has 0 aliphatic carbocycles. The minimum Gasteiger partial charge on any atom is -0.337 e. The van der Waals surface area contributed by atoms with Gasteiger partial charge in [0.15, 0.2) is 0 Å². The third kappa shape index (κ3) is 3.29. The molecule has 0 saturated carbocycles. The fourth-order valence-electron chi connectivity index (χ4n) is 3.30. The number of carbonyl (C=O) groups is 1. The van der Waals surface area contributed by atoms with E-state index in [4.69, 9.17) is 4.52 Å². The highest BCUT2D eigenvalue weighted by Crippen LogP contribution is 2.33. The first-order valence-electron chi connectivity index (χ1n) is 8.59. The standard InChI is InChI=1S/C20H18BrN3O2/c1-13-4-2-5-15(12-13)18-22-19(26-23-18)17-6-3-11-24(17)20(25)14-7-9-16(21)10-8-14/h2,4-5,7-10,12,17H,3,6,11H2,1H3/t17-/m0/s1. The lowest BCUT2D eigenvalue weighted by molar-refractivity contribution is 0.0710. The largest absolute Gasteiger partial charge is 0.337 e. The van der Waals surface area contributed by atoms with E-state index in [1.165, 1.54) is 0 Å². The predicted molar refractivity (Wildman–Crippen MR) is 102 cm³/mol. The SMILES string of the molecule is Cc1cccc(-c2noc([C@@H]3CCCN3C(=O)c3ccc(Br)cc3)n2)c1. The molecule has 1 aliphatic rings. The van der Waals surface area contributed by atoms with Crippen LogP contribution in [0.2, 0.25) is 0 Å². The number of carbonyl (C=O) groups excluding carboxylic acids is 1. The minimum atomic E-state index is -0.169. The Morgan fingerprint density at radius 3 is 2.81 bits per heavy atom. The summed E-state index contributed by atoms with van der Waals surface area (Å²) in [7, 11) is 0. The van der Waals surface area contributed by atoms with Gasteiger partial charge in [-0.1, -0.05) is 44.8 Å². The predicted octanol–water partition coefficient (Wildman–Crippen LogP) is 4.78. The van der Waals surface area contributed by atoms with Gasteiger partial charge in [-0.3, -0.25) is 4.79 Å². The maximum Gasteiger partial charge on any atom is 0.254 e. The summed E-state index contributed by atoms with van der Waals surface area (Å²) in [5.74, 6) is 1.06. The second kappa shape index (κ2) is 7.03. The van der Waals surface area contributed by atoms with E-state index in [9.17, 15) is 4.79 Å². The molecular weight excluding hydrogens is 394 g/mol. The van der Waals surface area contributed by atoms with Gasteiger partial charge in [-0.25, -0.2) is 0 Å². The molecule has 132 valence electrons. The molecule has 26 heavy (non-hydrogen) atoms. The van der Waals surface area contributed by atoms with Crippen molar-refractivity contribution in [2.45, 2.75) is 25.8 Å². The molecule has 2 heterocycles. The number of hydrogen-bond donors (Lipinski definition) is 0. The van der Waals surface area contributed by atoms with E-state index in [0.717, 1.165) is 28.4 Å². The van der Waals surface area contributed by atoms with E-state index in [1.807, 2.05) is 60.4 Å². The van der Waals surface area contributed by atoms with Gasteiger partial charge in [0.05, 0.1) is 0 Å². The molecular formula is C20H18BrN3O2. The van der Waals surface area contributed by atoms with Gasteiger partial charge in [-0.15, -0.1) is 0 Å². The molecule has 1 fully saturated rings. The summed E-state index contributed by atoms with van der Waals surface area (Å²) < 4.78 is 6.47. The van der Waals surface area contributed by atoms with Crippen molar-refractivity contribution in [2.24, 2.45) is 0 Å². The van der Waals surface area contributed by atoms with Crippen LogP contribution in [0.15, 0.2) is 57.5 Å². The van der Waals surface area contributed by atoms with Crippen LogP contribution in [0.1, 0.15) is 40.7 Å². The van der Waals surface area contributed by atoms with Crippen LogP contribution in [0.3, 0.4) is 0 Å². The topological polar surface area (TPSA) is 59.2 Å². The smallest absolute Gasteiger partial charge is 0.254 e. The number of aromatic nitrogens is 2. The zero-order chi connectivity index (χ0) is 18.1. The summed E-state index contributed by atoms with van der Waals surface area (Å²) in [4.78, 5) is 19.3. The summed E-state index contributed by atoms with van der Waals surface area (Å²) in [6.07, 6.45) is 1.76. The van der Waals surface area contributed by atoms with Crippen LogP contribution >= 0.6 is 15.9 Å². The number of aryl methyl sites for hydroxylation is 1. The van der Waals surface area contributed by atoms with E-state index < -0.39 is 0 Å². The maximum absolute atomic E-state index is 12.9. The molecule has 0 spiro atoms. The Labute approximate surface area is 160 Å². The quantitative estimate of drug-likeness (QED) is 0.621. The lowest BCUT2D eigenvalue weighted by Crippen LogP contribution is -2.30. The molecule has 1 atom stereocenters. The van der Waals surface area contributed by atoms with Crippen molar-refractivity contribution in [1.82, 2.24) is 15.0 Å². The van der Waals surface area contributed by atoms with E-state index in [1.54, 1.807) is 0 Å². The van der Waals surface area contributed by atoms with Crippen molar-refractivity contribution < 1.29 is 9.32 Å². The zero-order valence-electron chi connectivity index (χ0n) is 14.4. The monoisotopic (exact) mass is 411 g/mol. The molecule has 5 nitrogen and oxygen atoms in total. The van der Waals surface area contributed by atoms with Crippen LogP contribution in [-0.2, 0) is 0 Å². The number of benzene rings is 2. The second-order valence-corrected chi connectivity index (χ2v) is 7.40. The normalized spacial score (nSPS) is 16.8. The van der Waals surface area contributed by atoms with Crippen LogP contribution in [0.5, 0.6) is 0 Å². The third-order valence-corrected chi connectivity index (χ3v) is 5.14. The van der Waals surface area contributed by atoms with Gasteiger partial charge in [0.1, 0.15) is 6.04 Å². The first kappa shape index (κ1) is 17.0. The summed E-state index contributed by atoms with van der Waals surface area (Å²) in [5, 5.41) is 4.12. The van der Waals surface area contributed by atoms with E-state index >= 15 is 0 Å². The van der Waals surface area contributed by atoms with Gasteiger partial charge in [-0.05, 0) is 50.1 Å². The molecule has 1 aliphatic heterocycles. The average Bonchev–Trinajstić information content (AvgIpc) is 3.31. The molecule has 0 bridgehead atoms. The molecule has 1 aromatic heterocycles. The van der Waals surface area contributed by atoms with Crippen LogP contribution < -0.4 is 0 Å². The molecule has 3 aromatic rings. The highest BCUT2D eigenvalue weighted by atomic mass is 79.9. The van der Waals surface area contributed by atoms with Crippen LogP contribution in [-0.4, -0.2) is 27.5 Å². The van der Waals surface area contributed by atoms with Crippen molar-refractivity contribution in [2.75, 3.05) is 6.54 Å². The van der Waals surface area contributed by atoms with Gasteiger partial charge in [0.2, 0.25) is 11.7 Å². The Hall–Kier alpha value is -2.47. The Kier molecular flexibility index (Phi) is 4.59. The lowest BCUT2D eigenvalue weighted by atomic mass is 10.1. The van der Waals surface area contributed by atoms with E-state index in [-0.39, 0.29) is 11.9 Å². The number of rotatable bonds is 3. The fourth-order valence-corrected chi connectivity index (χ4v) is 3.56. The summed E-state index contributed by atoms with van der Waals surface area (Å²) in [6, 6.07) is 15.2. The Morgan fingerprint density at radius 2 is 2.04 bits per heavy atom. The zero-order valence-corrected chi connectivity index (χ0v) is 15.9. The molecule has 2 aromatic carbocycles. The van der Waals surface area contributed by atoms with Crippen LogP contribution in [0, 0.1) is 6.92 Å².